The highest BCUT2D eigenvalue weighted by atomic mass is 14.8. The number of anilines is 1. The van der Waals surface area contributed by atoms with Gasteiger partial charge in [-0.3, -0.25) is 4.98 Å². The van der Waals surface area contributed by atoms with Gasteiger partial charge in [0.1, 0.15) is 0 Å². The quantitative estimate of drug-likeness (QED) is 0.821. The largest absolute Gasteiger partial charge is 0.388 e. The van der Waals surface area contributed by atoms with Gasteiger partial charge in [0.2, 0.25) is 0 Å². The van der Waals surface area contributed by atoms with Gasteiger partial charge in [0, 0.05) is 25.1 Å². The number of nitrogens with zero attached hydrogens (tertiary/aromatic N) is 1. The molecule has 1 unspecified atom stereocenters. The van der Waals surface area contributed by atoms with E-state index in [-0.39, 0.29) is 6.04 Å². The van der Waals surface area contributed by atoms with Crippen LogP contribution in [0.25, 0.3) is 0 Å². The molecule has 0 aliphatic heterocycles. The van der Waals surface area contributed by atoms with E-state index in [2.05, 4.69) is 16.4 Å². The highest BCUT2D eigenvalue weighted by Crippen LogP contribution is 2.21. The lowest BCUT2D eigenvalue weighted by molar-refractivity contribution is 0.863. The Morgan fingerprint density at radius 1 is 1.19 bits per heavy atom. The lowest BCUT2D eigenvalue weighted by Crippen LogP contribution is -2.12. The van der Waals surface area contributed by atoms with Crippen molar-refractivity contribution in [3.63, 3.8) is 0 Å². The van der Waals surface area contributed by atoms with Crippen LogP contribution in [0.3, 0.4) is 0 Å². The number of hydrogen-bond donors (Lipinski definition) is 2. The predicted molar refractivity (Wildman–Crippen MR) is 66.3 cm³/mol. The van der Waals surface area contributed by atoms with E-state index in [9.17, 15) is 0 Å². The first-order valence-corrected chi connectivity index (χ1v) is 5.24. The molecule has 82 valence electrons. The normalized spacial score (nSPS) is 12.1. The molecule has 1 aromatic heterocycles. The van der Waals surface area contributed by atoms with Gasteiger partial charge in [-0.15, -0.1) is 0 Å². The molecular formula is C13H15N3. The zero-order valence-electron chi connectivity index (χ0n) is 9.22. The number of rotatable bonds is 3. The number of pyridine rings is 1. The Balaban J connectivity index is 2.30. The summed E-state index contributed by atoms with van der Waals surface area (Å²) < 4.78 is 0. The van der Waals surface area contributed by atoms with Crippen LogP contribution in [0, 0.1) is 0 Å². The summed E-state index contributed by atoms with van der Waals surface area (Å²) in [5.41, 5.74) is 9.35. The molecule has 16 heavy (non-hydrogen) atoms. The molecule has 0 fully saturated rings. The minimum Gasteiger partial charge on any atom is -0.388 e. The van der Waals surface area contributed by atoms with Crippen LogP contribution in [0.2, 0.25) is 0 Å². The van der Waals surface area contributed by atoms with Crippen LogP contribution in [0.4, 0.5) is 5.69 Å². The Kier molecular flexibility index (Phi) is 3.17. The van der Waals surface area contributed by atoms with Crippen LogP contribution < -0.4 is 11.1 Å². The Morgan fingerprint density at radius 2 is 2.00 bits per heavy atom. The summed E-state index contributed by atoms with van der Waals surface area (Å²) in [7, 11) is 1.90. The molecule has 1 aromatic carbocycles. The molecule has 1 heterocycles. The van der Waals surface area contributed by atoms with Crippen molar-refractivity contribution in [1.82, 2.24) is 4.98 Å². The second kappa shape index (κ2) is 4.77. The van der Waals surface area contributed by atoms with Crippen molar-refractivity contribution in [3.05, 3.63) is 59.9 Å². The predicted octanol–water partition coefficient (Wildman–Crippen LogP) is 2.17. The monoisotopic (exact) mass is 213 g/mol. The summed E-state index contributed by atoms with van der Waals surface area (Å²) in [4.78, 5) is 4.08. The van der Waals surface area contributed by atoms with Gasteiger partial charge in [-0.2, -0.15) is 0 Å². The van der Waals surface area contributed by atoms with Crippen molar-refractivity contribution < 1.29 is 0 Å². The lowest BCUT2D eigenvalue weighted by Gasteiger charge is -2.13. The Labute approximate surface area is 95.3 Å². The zero-order valence-corrected chi connectivity index (χ0v) is 9.22. The van der Waals surface area contributed by atoms with Crippen molar-refractivity contribution in [2.24, 2.45) is 5.73 Å². The molecule has 3 nitrogen and oxygen atoms in total. The maximum absolute atomic E-state index is 6.17. The van der Waals surface area contributed by atoms with Crippen molar-refractivity contribution in [2.75, 3.05) is 12.4 Å². The molecule has 2 aromatic rings. The van der Waals surface area contributed by atoms with Gasteiger partial charge in [0.25, 0.3) is 0 Å². The Bertz CT molecular complexity index is 454. The molecule has 0 aliphatic carbocycles. The molecule has 0 radical (unpaired) electrons. The van der Waals surface area contributed by atoms with Crippen LogP contribution in [0.15, 0.2) is 48.8 Å². The topological polar surface area (TPSA) is 50.9 Å². The zero-order chi connectivity index (χ0) is 11.4. The summed E-state index contributed by atoms with van der Waals surface area (Å²) in [6.07, 6.45) is 3.55. The second-order valence-electron chi connectivity index (χ2n) is 3.64. The third-order valence-corrected chi connectivity index (χ3v) is 2.58. The van der Waals surface area contributed by atoms with E-state index < -0.39 is 0 Å². The summed E-state index contributed by atoms with van der Waals surface area (Å²) >= 11 is 0. The summed E-state index contributed by atoms with van der Waals surface area (Å²) in [5, 5.41) is 3.10. The van der Waals surface area contributed by atoms with Crippen LogP contribution >= 0.6 is 0 Å². The number of nitrogens with two attached hydrogens (primary N) is 1. The molecule has 0 saturated carbocycles. The minimum absolute atomic E-state index is 0.123. The Hall–Kier alpha value is -1.87. The molecule has 0 bridgehead atoms. The third-order valence-electron chi connectivity index (χ3n) is 2.58. The minimum atomic E-state index is -0.123. The van der Waals surface area contributed by atoms with Gasteiger partial charge in [-0.05, 0) is 29.3 Å². The van der Waals surface area contributed by atoms with Gasteiger partial charge in [0.15, 0.2) is 0 Å². The van der Waals surface area contributed by atoms with E-state index in [1.54, 1.807) is 12.4 Å². The van der Waals surface area contributed by atoms with Crippen LogP contribution in [0.1, 0.15) is 17.2 Å². The average Bonchev–Trinajstić information content (AvgIpc) is 2.39. The number of hydrogen-bond acceptors (Lipinski definition) is 3. The second-order valence-corrected chi connectivity index (χ2v) is 3.64. The third kappa shape index (κ3) is 2.20. The summed E-state index contributed by atoms with van der Waals surface area (Å²) in [5.74, 6) is 0. The van der Waals surface area contributed by atoms with Gasteiger partial charge in [-0.1, -0.05) is 18.2 Å². The fraction of sp³-hybridized carbons (Fsp3) is 0.154. The van der Waals surface area contributed by atoms with E-state index in [4.69, 9.17) is 5.73 Å². The SMILES string of the molecule is CNc1cccc(C(N)c2cccnc2)c1. The first-order valence-electron chi connectivity index (χ1n) is 5.24. The lowest BCUT2D eigenvalue weighted by atomic mass is 10.0. The van der Waals surface area contributed by atoms with Crippen LogP contribution in [-0.2, 0) is 0 Å². The van der Waals surface area contributed by atoms with Gasteiger partial charge < -0.3 is 11.1 Å². The van der Waals surface area contributed by atoms with E-state index in [1.165, 1.54) is 0 Å². The van der Waals surface area contributed by atoms with E-state index in [1.807, 2.05) is 37.4 Å². The van der Waals surface area contributed by atoms with Crippen molar-refractivity contribution in [1.29, 1.82) is 0 Å². The highest BCUT2D eigenvalue weighted by Gasteiger charge is 2.08. The van der Waals surface area contributed by atoms with Crippen LogP contribution in [0.5, 0.6) is 0 Å². The van der Waals surface area contributed by atoms with E-state index >= 15 is 0 Å². The molecule has 0 saturated heterocycles. The van der Waals surface area contributed by atoms with Gasteiger partial charge in [0.05, 0.1) is 6.04 Å². The first-order chi connectivity index (χ1) is 7.81. The standard InChI is InChI=1S/C13H15N3/c1-15-12-6-2-4-10(8-12)13(14)11-5-3-7-16-9-11/h2-9,13,15H,14H2,1H3. The molecule has 2 rings (SSSR count). The van der Waals surface area contributed by atoms with Crippen LogP contribution in [-0.4, -0.2) is 12.0 Å². The molecule has 0 amide bonds. The fourth-order valence-electron chi connectivity index (χ4n) is 1.64. The molecule has 0 spiro atoms. The molecule has 1 atom stereocenters. The summed E-state index contributed by atoms with van der Waals surface area (Å²) in [6.45, 7) is 0. The molecule has 3 heteroatoms. The fourth-order valence-corrected chi connectivity index (χ4v) is 1.64. The first kappa shape index (κ1) is 10.6. The van der Waals surface area contributed by atoms with Crippen molar-refractivity contribution in [2.45, 2.75) is 6.04 Å². The summed E-state index contributed by atoms with van der Waals surface area (Å²) in [6, 6.07) is 11.9. The average molecular weight is 213 g/mol. The number of nitrogens with one attached hydrogen (secondary N) is 1. The molecular weight excluding hydrogens is 198 g/mol. The maximum atomic E-state index is 6.17. The number of aromatic nitrogens is 1. The molecule has 3 N–H and O–H groups in total. The van der Waals surface area contributed by atoms with Gasteiger partial charge >= 0.3 is 0 Å². The van der Waals surface area contributed by atoms with Gasteiger partial charge in [-0.25, -0.2) is 0 Å². The van der Waals surface area contributed by atoms with E-state index in [0.717, 1.165) is 16.8 Å². The van der Waals surface area contributed by atoms with E-state index in [0.29, 0.717) is 0 Å². The van der Waals surface area contributed by atoms with Crippen molar-refractivity contribution >= 4 is 5.69 Å². The maximum Gasteiger partial charge on any atom is 0.0567 e. The number of benzene rings is 1. The van der Waals surface area contributed by atoms with Crippen molar-refractivity contribution in [3.8, 4) is 0 Å². The Morgan fingerprint density at radius 3 is 2.69 bits per heavy atom. The molecule has 0 aliphatic rings. The smallest absolute Gasteiger partial charge is 0.0567 e. The highest BCUT2D eigenvalue weighted by molar-refractivity contribution is 5.47.